The number of rotatable bonds is 0. The minimum absolute atomic E-state index is 0.153. The Morgan fingerprint density at radius 1 is 0.882 bits per heavy atom. The highest BCUT2D eigenvalue weighted by Crippen LogP contribution is 2.27. The van der Waals surface area contributed by atoms with E-state index in [1.54, 1.807) is 0 Å². The van der Waals surface area contributed by atoms with E-state index >= 15 is 0 Å². The Kier molecular flexibility index (Phi) is 8.83. The average Bonchev–Trinajstić information content (AvgIpc) is 2.33. The zero-order valence-corrected chi connectivity index (χ0v) is 12.8. The van der Waals surface area contributed by atoms with Crippen molar-refractivity contribution in [1.82, 2.24) is 9.80 Å². The van der Waals surface area contributed by atoms with Crippen LogP contribution in [0.4, 0.5) is 0 Å². The van der Waals surface area contributed by atoms with Gasteiger partial charge >= 0.3 is 0 Å². The maximum absolute atomic E-state index is 5.96. The van der Waals surface area contributed by atoms with Gasteiger partial charge in [-0.2, -0.15) is 0 Å². The molecule has 1 unspecified atom stereocenters. The van der Waals surface area contributed by atoms with Gasteiger partial charge in [-0.25, -0.2) is 0 Å². The number of likely N-dealkylation sites (N-methyl/N-ethyl adjacent to an activating group) is 2. The van der Waals surface area contributed by atoms with Crippen LogP contribution in [0.3, 0.4) is 0 Å². The predicted molar refractivity (Wildman–Crippen MR) is 75.6 cm³/mol. The maximum Gasteiger partial charge on any atom is 0.0935 e. The second-order valence-electron chi connectivity index (χ2n) is 4.61. The summed E-state index contributed by atoms with van der Waals surface area (Å²) in [5.41, 5.74) is 0.153. The van der Waals surface area contributed by atoms with Crippen LogP contribution < -0.4 is 0 Å². The molecule has 0 saturated carbocycles. The molecule has 0 N–H and O–H groups in total. The van der Waals surface area contributed by atoms with Crippen LogP contribution in [0, 0.1) is 0 Å². The van der Waals surface area contributed by atoms with Gasteiger partial charge in [-0.3, -0.25) is 0 Å². The zero-order chi connectivity index (χ0) is 13.3. The molecule has 2 rings (SSSR count). The van der Waals surface area contributed by atoms with Gasteiger partial charge in [-0.05, 0) is 33.5 Å². The predicted octanol–water partition coefficient (Wildman–Crippen LogP) is 2.47. The fourth-order valence-electron chi connectivity index (χ4n) is 2.60. The SMILES string of the molecule is CC.CC.CN1CCCC2(C1)CN(C)CCO2. The smallest absolute Gasteiger partial charge is 0.0935 e. The Balaban J connectivity index is 0.000000581. The van der Waals surface area contributed by atoms with Crippen molar-refractivity contribution in [2.24, 2.45) is 0 Å². The number of morpholine rings is 1. The lowest BCUT2D eigenvalue weighted by Gasteiger charge is -2.46. The number of ether oxygens (including phenoxy) is 1. The Labute approximate surface area is 108 Å². The fraction of sp³-hybridized carbons (Fsp3) is 1.00. The molecule has 0 aliphatic carbocycles. The summed E-state index contributed by atoms with van der Waals surface area (Å²) in [5.74, 6) is 0. The van der Waals surface area contributed by atoms with Crippen LogP contribution in [0.25, 0.3) is 0 Å². The molecule has 0 aromatic heterocycles. The molecule has 2 fully saturated rings. The van der Waals surface area contributed by atoms with Crippen molar-refractivity contribution < 1.29 is 4.74 Å². The molecular formula is C14H32N2O. The summed E-state index contributed by atoms with van der Waals surface area (Å²) in [6, 6.07) is 0. The summed E-state index contributed by atoms with van der Waals surface area (Å²) in [6.07, 6.45) is 2.52. The number of hydrogen-bond acceptors (Lipinski definition) is 3. The molecule has 0 bridgehead atoms. The van der Waals surface area contributed by atoms with Crippen molar-refractivity contribution in [2.45, 2.75) is 46.1 Å². The first-order valence-corrected chi connectivity index (χ1v) is 7.21. The molecule has 2 aliphatic rings. The van der Waals surface area contributed by atoms with Crippen molar-refractivity contribution in [3.63, 3.8) is 0 Å². The van der Waals surface area contributed by atoms with Crippen molar-refractivity contribution in [3.8, 4) is 0 Å². The number of likely N-dealkylation sites (tertiary alicyclic amines) is 1. The molecule has 3 nitrogen and oxygen atoms in total. The molecule has 17 heavy (non-hydrogen) atoms. The van der Waals surface area contributed by atoms with Gasteiger partial charge in [0.05, 0.1) is 12.2 Å². The topological polar surface area (TPSA) is 15.7 Å². The van der Waals surface area contributed by atoms with E-state index in [0.29, 0.717) is 0 Å². The molecule has 3 heteroatoms. The van der Waals surface area contributed by atoms with Gasteiger partial charge in [0, 0.05) is 19.6 Å². The molecule has 0 radical (unpaired) electrons. The van der Waals surface area contributed by atoms with Crippen LogP contribution in [0.1, 0.15) is 40.5 Å². The second kappa shape index (κ2) is 8.90. The van der Waals surface area contributed by atoms with Crippen molar-refractivity contribution in [3.05, 3.63) is 0 Å². The molecule has 104 valence electrons. The first-order valence-electron chi connectivity index (χ1n) is 7.21. The van der Waals surface area contributed by atoms with E-state index in [9.17, 15) is 0 Å². The van der Waals surface area contributed by atoms with Crippen LogP contribution in [-0.4, -0.2) is 62.3 Å². The van der Waals surface area contributed by atoms with Gasteiger partial charge in [0.1, 0.15) is 0 Å². The van der Waals surface area contributed by atoms with Gasteiger partial charge in [0.2, 0.25) is 0 Å². The lowest BCUT2D eigenvalue weighted by molar-refractivity contribution is -0.131. The Morgan fingerprint density at radius 3 is 1.88 bits per heavy atom. The second-order valence-corrected chi connectivity index (χ2v) is 4.61. The van der Waals surface area contributed by atoms with E-state index in [0.717, 1.165) is 26.2 Å². The highest BCUT2D eigenvalue weighted by atomic mass is 16.5. The quantitative estimate of drug-likeness (QED) is 0.651. The average molecular weight is 244 g/mol. The molecule has 0 amide bonds. The highest BCUT2D eigenvalue weighted by Gasteiger charge is 2.38. The minimum atomic E-state index is 0.153. The van der Waals surface area contributed by atoms with E-state index < -0.39 is 0 Å². The lowest BCUT2D eigenvalue weighted by Crippen LogP contribution is -2.58. The fourth-order valence-corrected chi connectivity index (χ4v) is 2.60. The number of nitrogens with zero attached hydrogens (tertiary/aromatic N) is 2. The van der Waals surface area contributed by atoms with Crippen LogP contribution in [0.5, 0.6) is 0 Å². The van der Waals surface area contributed by atoms with Crippen molar-refractivity contribution in [1.29, 1.82) is 0 Å². The Morgan fingerprint density at radius 2 is 1.41 bits per heavy atom. The summed E-state index contributed by atoms with van der Waals surface area (Å²) >= 11 is 0. The van der Waals surface area contributed by atoms with Crippen molar-refractivity contribution in [2.75, 3.05) is 46.9 Å². The molecule has 2 saturated heterocycles. The van der Waals surface area contributed by atoms with E-state index in [4.69, 9.17) is 4.74 Å². The van der Waals surface area contributed by atoms with Gasteiger partial charge in [-0.1, -0.05) is 27.7 Å². The van der Waals surface area contributed by atoms with Crippen molar-refractivity contribution >= 4 is 0 Å². The number of hydrogen-bond donors (Lipinski definition) is 0. The standard InChI is InChI=1S/C10H20N2O.2C2H6/c1-11-5-3-4-10(8-11)9-12(2)6-7-13-10;2*1-2/h3-9H2,1-2H3;2*1-2H3. The first-order chi connectivity index (χ1) is 8.20. The van der Waals surface area contributed by atoms with Crippen LogP contribution >= 0.6 is 0 Å². The third kappa shape index (κ3) is 5.36. The third-order valence-electron chi connectivity index (χ3n) is 3.17. The summed E-state index contributed by atoms with van der Waals surface area (Å²) < 4.78 is 5.96. The lowest BCUT2D eigenvalue weighted by atomic mass is 9.91. The van der Waals surface area contributed by atoms with E-state index in [1.165, 1.54) is 19.4 Å². The minimum Gasteiger partial charge on any atom is -0.371 e. The van der Waals surface area contributed by atoms with Gasteiger partial charge in [0.25, 0.3) is 0 Å². The molecule has 0 aromatic carbocycles. The molecule has 1 spiro atoms. The summed E-state index contributed by atoms with van der Waals surface area (Å²) in [4.78, 5) is 4.78. The van der Waals surface area contributed by atoms with Crippen LogP contribution in [0.15, 0.2) is 0 Å². The summed E-state index contributed by atoms with van der Waals surface area (Å²) in [6.45, 7) is 13.4. The molecule has 1 atom stereocenters. The van der Waals surface area contributed by atoms with E-state index in [1.807, 2.05) is 27.7 Å². The molecule has 2 aliphatic heterocycles. The van der Waals surface area contributed by atoms with Gasteiger partial charge in [-0.15, -0.1) is 0 Å². The summed E-state index contributed by atoms with van der Waals surface area (Å²) in [5, 5.41) is 0. The largest absolute Gasteiger partial charge is 0.371 e. The first kappa shape index (κ1) is 16.9. The highest BCUT2D eigenvalue weighted by molar-refractivity contribution is 4.92. The summed E-state index contributed by atoms with van der Waals surface area (Å²) in [7, 11) is 4.39. The Hall–Kier alpha value is -0.120. The van der Waals surface area contributed by atoms with E-state index in [-0.39, 0.29) is 5.60 Å². The maximum atomic E-state index is 5.96. The molecule has 0 aromatic rings. The Bertz CT molecular complexity index is 165. The monoisotopic (exact) mass is 244 g/mol. The molecule has 2 heterocycles. The van der Waals surface area contributed by atoms with E-state index in [2.05, 4.69) is 23.9 Å². The third-order valence-corrected chi connectivity index (χ3v) is 3.17. The molecular weight excluding hydrogens is 212 g/mol. The van der Waals surface area contributed by atoms with Gasteiger partial charge < -0.3 is 14.5 Å². The van der Waals surface area contributed by atoms with Gasteiger partial charge in [0.15, 0.2) is 0 Å². The van der Waals surface area contributed by atoms with Crippen LogP contribution in [0.2, 0.25) is 0 Å². The zero-order valence-electron chi connectivity index (χ0n) is 12.8. The normalized spacial score (nSPS) is 30.0. The number of piperidine rings is 1. The van der Waals surface area contributed by atoms with Crippen LogP contribution in [-0.2, 0) is 4.74 Å².